The minimum Gasteiger partial charge on any atom is -0.396 e. The Labute approximate surface area is 104 Å². The van der Waals surface area contributed by atoms with Crippen LogP contribution in [-0.2, 0) is 10.2 Å². The van der Waals surface area contributed by atoms with Crippen molar-refractivity contribution in [3.05, 3.63) is 0 Å². The lowest BCUT2D eigenvalue weighted by Gasteiger charge is -2.31. The van der Waals surface area contributed by atoms with E-state index in [1.54, 1.807) is 0 Å². The topological polar surface area (TPSA) is 69.6 Å². The van der Waals surface area contributed by atoms with Crippen LogP contribution in [0.15, 0.2) is 0 Å². The minimum atomic E-state index is -3.34. The molecule has 2 N–H and O–H groups in total. The van der Waals surface area contributed by atoms with Crippen molar-refractivity contribution in [2.45, 2.75) is 45.6 Å². The van der Waals surface area contributed by atoms with E-state index < -0.39 is 10.2 Å². The normalized spacial score (nSPS) is 20.0. The van der Waals surface area contributed by atoms with Gasteiger partial charge in [-0.25, -0.2) is 0 Å². The van der Waals surface area contributed by atoms with Gasteiger partial charge in [-0.05, 0) is 31.6 Å². The van der Waals surface area contributed by atoms with Gasteiger partial charge >= 0.3 is 0 Å². The van der Waals surface area contributed by atoms with Gasteiger partial charge in [-0.2, -0.15) is 17.4 Å². The molecule has 1 aliphatic heterocycles. The number of nitrogens with zero attached hydrogens (tertiary/aromatic N) is 1. The zero-order chi connectivity index (χ0) is 12.9. The standard InChI is InChI=1S/C11H24N2O3S/c1-3-11(4-2)12-17(15,16)13-7-5-10(9-14)6-8-13/h10-12,14H,3-9H2,1-2H3. The molecular weight excluding hydrogens is 240 g/mol. The molecule has 1 saturated heterocycles. The molecule has 1 fully saturated rings. The number of aliphatic hydroxyl groups is 1. The average molecular weight is 264 g/mol. The number of hydrogen-bond acceptors (Lipinski definition) is 3. The van der Waals surface area contributed by atoms with Crippen molar-refractivity contribution in [3.63, 3.8) is 0 Å². The molecule has 102 valence electrons. The van der Waals surface area contributed by atoms with E-state index in [2.05, 4.69) is 4.72 Å². The summed E-state index contributed by atoms with van der Waals surface area (Å²) in [6.07, 6.45) is 3.12. The number of rotatable bonds is 6. The number of piperidine rings is 1. The molecule has 6 heteroatoms. The predicted octanol–water partition coefficient (Wildman–Crippen LogP) is 0.714. The molecule has 0 aromatic heterocycles. The number of hydrogen-bond donors (Lipinski definition) is 2. The fourth-order valence-corrected chi connectivity index (χ4v) is 3.67. The van der Waals surface area contributed by atoms with Crippen molar-refractivity contribution in [2.24, 2.45) is 5.92 Å². The van der Waals surface area contributed by atoms with Crippen LogP contribution in [0.1, 0.15) is 39.5 Å². The van der Waals surface area contributed by atoms with Crippen LogP contribution >= 0.6 is 0 Å². The van der Waals surface area contributed by atoms with Gasteiger partial charge in [-0.15, -0.1) is 0 Å². The van der Waals surface area contributed by atoms with Crippen LogP contribution in [0.4, 0.5) is 0 Å². The Morgan fingerprint density at radius 2 is 1.82 bits per heavy atom. The molecule has 0 saturated carbocycles. The minimum absolute atomic E-state index is 0.0237. The molecule has 1 rings (SSSR count). The van der Waals surface area contributed by atoms with E-state index in [-0.39, 0.29) is 18.6 Å². The Balaban J connectivity index is 2.54. The molecule has 0 amide bonds. The largest absolute Gasteiger partial charge is 0.396 e. The summed E-state index contributed by atoms with van der Waals surface area (Å²) in [5.41, 5.74) is 0. The quantitative estimate of drug-likeness (QED) is 0.742. The highest BCUT2D eigenvalue weighted by molar-refractivity contribution is 7.87. The predicted molar refractivity (Wildman–Crippen MR) is 67.8 cm³/mol. The summed E-state index contributed by atoms with van der Waals surface area (Å²) in [5.74, 6) is 0.259. The zero-order valence-electron chi connectivity index (χ0n) is 10.7. The Morgan fingerprint density at radius 1 is 1.29 bits per heavy atom. The van der Waals surface area contributed by atoms with Gasteiger partial charge in [-0.1, -0.05) is 13.8 Å². The van der Waals surface area contributed by atoms with E-state index in [4.69, 9.17) is 5.11 Å². The van der Waals surface area contributed by atoms with Crippen molar-refractivity contribution >= 4 is 10.2 Å². The van der Waals surface area contributed by atoms with Crippen molar-refractivity contribution in [2.75, 3.05) is 19.7 Å². The Morgan fingerprint density at radius 3 is 2.24 bits per heavy atom. The second-order valence-corrected chi connectivity index (χ2v) is 6.36. The second kappa shape index (κ2) is 6.68. The van der Waals surface area contributed by atoms with Gasteiger partial charge in [0.15, 0.2) is 0 Å². The van der Waals surface area contributed by atoms with E-state index in [9.17, 15) is 8.42 Å². The van der Waals surface area contributed by atoms with Crippen LogP contribution < -0.4 is 4.72 Å². The van der Waals surface area contributed by atoms with E-state index in [0.29, 0.717) is 13.1 Å². The van der Waals surface area contributed by atoms with Crippen LogP contribution in [0.3, 0.4) is 0 Å². The fraction of sp³-hybridized carbons (Fsp3) is 1.00. The Bertz CT molecular complexity index is 307. The summed E-state index contributed by atoms with van der Waals surface area (Å²) in [4.78, 5) is 0. The van der Waals surface area contributed by atoms with Gasteiger partial charge in [0, 0.05) is 25.7 Å². The first kappa shape index (κ1) is 14.9. The van der Waals surface area contributed by atoms with Crippen molar-refractivity contribution in [3.8, 4) is 0 Å². The molecule has 1 aliphatic rings. The summed E-state index contributed by atoms with van der Waals surface area (Å²) in [7, 11) is -3.34. The van der Waals surface area contributed by atoms with Gasteiger partial charge in [0.1, 0.15) is 0 Å². The van der Waals surface area contributed by atoms with Gasteiger partial charge < -0.3 is 5.11 Å². The molecule has 0 aromatic carbocycles. The highest BCUT2D eigenvalue weighted by Gasteiger charge is 2.28. The monoisotopic (exact) mass is 264 g/mol. The van der Waals surface area contributed by atoms with Gasteiger partial charge in [0.25, 0.3) is 10.2 Å². The zero-order valence-corrected chi connectivity index (χ0v) is 11.5. The third-order valence-corrected chi connectivity index (χ3v) is 5.15. The van der Waals surface area contributed by atoms with Crippen LogP contribution in [0.2, 0.25) is 0 Å². The summed E-state index contributed by atoms with van der Waals surface area (Å²) >= 11 is 0. The SMILES string of the molecule is CCC(CC)NS(=O)(=O)N1CCC(CO)CC1. The summed E-state index contributed by atoms with van der Waals surface area (Å²) in [5, 5.41) is 9.02. The van der Waals surface area contributed by atoms with E-state index in [0.717, 1.165) is 25.7 Å². The lowest BCUT2D eigenvalue weighted by atomic mass is 10.00. The molecule has 0 unspecified atom stereocenters. The third-order valence-electron chi connectivity index (χ3n) is 3.47. The number of aliphatic hydroxyl groups excluding tert-OH is 1. The Hall–Kier alpha value is -0.170. The maximum atomic E-state index is 12.1. The molecule has 0 aromatic rings. The Kier molecular flexibility index (Phi) is 5.85. The fourth-order valence-electron chi connectivity index (χ4n) is 2.07. The highest BCUT2D eigenvalue weighted by atomic mass is 32.2. The molecule has 0 atom stereocenters. The number of nitrogens with one attached hydrogen (secondary N) is 1. The summed E-state index contributed by atoms with van der Waals surface area (Å²) in [6.45, 7) is 5.15. The van der Waals surface area contributed by atoms with E-state index in [1.165, 1.54) is 4.31 Å². The first-order chi connectivity index (χ1) is 8.03. The van der Waals surface area contributed by atoms with Gasteiger partial charge in [0.05, 0.1) is 0 Å². The van der Waals surface area contributed by atoms with Crippen LogP contribution in [0.5, 0.6) is 0 Å². The highest BCUT2D eigenvalue weighted by Crippen LogP contribution is 2.18. The maximum absolute atomic E-state index is 12.1. The molecule has 0 radical (unpaired) electrons. The average Bonchev–Trinajstić information content (AvgIpc) is 2.36. The molecule has 0 aliphatic carbocycles. The lowest BCUT2D eigenvalue weighted by molar-refractivity contribution is 0.169. The molecule has 0 spiro atoms. The third kappa shape index (κ3) is 4.21. The van der Waals surface area contributed by atoms with E-state index >= 15 is 0 Å². The van der Waals surface area contributed by atoms with Crippen molar-refractivity contribution in [1.82, 2.24) is 9.03 Å². The van der Waals surface area contributed by atoms with Gasteiger partial charge in [0.2, 0.25) is 0 Å². The van der Waals surface area contributed by atoms with Crippen molar-refractivity contribution in [1.29, 1.82) is 0 Å². The molecule has 5 nitrogen and oxygen atoms in total. The maximum Gasteiger partial charge on any atom is 0.279 e. The molecule has 0 bridgehead atoms. The van der Waals surface area contributed by atoms with Crippen LogP contribution in [0.25, 0.3) is 0 Å². The molecule has 17 heavy (non-hydrogen) atoms. The smallest absolute Gasteiger partial charge is 0.279 e. The lowest BCUT2D eigenvalue weighted by Crippen LogP contribution is -2.48. The van der Waals surface area contributed by atoms with E-state index in [1.807, 2.05) is 13.8 Å². The van der Waals surface area contributed by atoms with Crippen LogP contribution in [0, 0.1) is 5.92 Å². The summed E-state index contributed by atoms with van der Waals surface area (Å²) in [6, 6.07) is 0.0237. The first-order valence-electron chi connectivity index (χ1n) is 6.41. The first-order valence-corrected chi connectivity index (χ1v) is 7.85. The van der Waals surface area contributed by atoms with Gasteiger partial charge in [-0.3, -0.25) is 0 Å². The van der Waals surface area contributed by atoms with Crippen LogP contribution in [-0.4, -0.2) is 43.6 Å². The second-order valence-electron chi connectivity index (χ2n) is 4.66. The molecular formula is C11H24N2O3S. The molecule has 1 heterocycles. The summed E-state index contributed by atoms with van der Waals surface area (Å²) < 4.78 is 28.4. The van der Waals surface area contributed by atoms with Crippen molar-refractivity contribution < 1.29 is 13.5 Å².